The van der Waals surface area contributed by atoms with Crippen molar-refractivity contribution in [2.24, 2.45) is 0 Å². The molecule has 0 spiro atoms. The second-order valence-electron chi connectivity index (χ2n) is 42.5. The van der Waals surface area contributed by atoms with Gasteiger partial charge >= 0.3 is 24.4 Å². The van der Waals surface area contributed by atoms with E-state index in [1.54, 1.807) is 63.5 Å². The largest absolute Gasteiger partial charge is 0.444 e. The highest BCUT2D eigenvalue weighted by Crippen LogP contribution is 2.52. The molecule has 0 aromatic heterocycles. The minimum absolute atomic E-state index is 0.0225. The first-order chi connectivity index (χ1) is 65.7. The van der Waals surface area contributed by atoms with E-state index in [1.165, 1.54) is 38.7 Å². The molecule has 8 aliphatic rings. The second kappa shape index (κ2) is 42.2. The lowest BCUT2D eigenvalue weighted by molar-refractivity contribution is -0.385. The summed E-state index contributed by atoms with van der Waals surface area (Å²) >= 11 is 0. The number of Topliss-reactive ketones (excluding diaryl/α,β-unsaturated/α-hetero) is 4. The molecule has 8 aliphatic heterocycles. The molecule has 4 amide bonds. The van der Waals surface area contributed by atoms with Crippen molar-refractivity contribution >= 4 is 93.0 Å². The van der Waals surface area contributed by atoms with Crippen LogP contribution in [0, 0.1) is 20.2 Å². The number of carbonyl (C=O) groups is 8. The number of ether oxygens (including phenoxy) is 4. The van der Waals surface area contributed by atoms with Gasteiger partial charge in [0.25, 0.3) is 11.4 Å². The maximum absolute atomic E-state index is 13.8. The molecule has 28 heteroatoms. The Morgan fingerprint density at radius 3 is 0.804 bits per heavy atom. The van der Waals surface area contributed by atoms with Crippen LogP contribution >= 0.6 is 0 Å². The first-order valence-corrected chi connectivity index (χ1v) is 49.4. The van der Waals surface area contributed by atoms with E-state index in [1.807, 2.05) is 96.1 Å². The topological polar surface area (TPSA) is 338 Å². The number of likely N-dealkylation sites (tertiary alicyclic amines) is 4. The highest BCUT2D eigenvalue weighted by atomic mass is 16.6. The van der Waals surface area contributed by atoms with Crippen LogP contribution in [0.4, 0.5) is 64.7 Å². The van der Waals surface area contributed by atoms with Gasteiger partial charge in [-0.2, -0.15) is 0 Å². The second-order valence-corrected chi connectivity index (χ2v) is 42.5. The Kier molecular flexibility index (Phi) is 30.5. The van der Waals surface area contributed by atoms with E-state index in [4.69, 9.17) is 30.4 Å². The van der Waals surface area contributed by atoms with Crippen LogP contribution in [0.25, 0.3) is 0 Å². The maximum atomic E-state index is 13.8. The summed E-state index contributed by atoms with van der Waals surface area (Å²) in [5.41, 5.74) is 23.9. The zero-order valence-corrected chi connectivity index (χ0v) is 82.1. The number of amides is 4. The number of carbonyl (C=O) groups excluding carboxylic acids is 8. The number of nitro benzene ring substituents is 2. The fraction of sp³-hybridized carbons (Fsp3) is 0.491. The first-order valence-electron chi connectivity index (χ1n) is 49.4. The molecule has 0 saturated carbocycles. The van der Waals surface area contributed by atoms with Crippen LogP contribution in [0.15, 0.2) is 182 Å². The average molecular weight is 1880 g/mol. The van der Waals surface area contributed by atoms with Crippen molar-refractivity contribution in [3.63, 3.8) is 0 Å². The molecule has 8 aromatic rings. The Morgan fingerprint density at radius 2 is 0.551 bits per heavy atom. The van der Waals surface area contributed by atoms with Crippen LogP contribution < -0.4 is 31.1 Å². The van der Waals surface area contributed by atoms with Crippen LogP contribution in [0.5, 0.6) is 0 Å². The molecule has 8 atom stereocenters. The van der Waals surface area contributed by atoms with E-state index in [-0.39, 0.29) is 83.4 Å². The summed E-state index contributed by atoms with van der Waals surface area (Å²) in [5.74, 6) is 0.380. The standard InChI is InChI=1S/C55H66N6O10.C55H70N6O6/c1-54(2,3)70-52(64)57-28-10-14-46(57)50(62)34-40-18-16-38(32-48(40)60(66)67)44-24-25-45(59(44)43-22-20-42(21-23-43)56-30-26-37(27-31-56)36-12-8-7-9-13-36)39-17-19-41(49(33-39)61(68)69)35-51(63)47-15-11-29-58(47)53(65)71-55(4,5)6;1-54(2,3)66-52(64)59-28-10-14-48(59)50(62)34-38-16-18-40(32-44(38)56)46-24-25-47(61(46)43-22-20-42(21-23-43)58-30-26-37(27-31-58)36-12-8-7-9-13-36)41-19-17-39(45(57)33-41)35-51(63)49-15-11-29-60(49)53(65)67-55(4,5)6/h7-9,12-13,16-23,32-33,37,44-47H,10-11,14-15,24-31,34-35H2,1-6H3;7-9,12-13,16-23,32-33,37,46-49H,10-11,14-15,24-31,34-35,56-57H2,1-6H3/t44-,45-,46-,47+;46-,47-,48+,49+/m11/s1. The van der Waals surface area contributed by atoms with Gasteiger partial charge < -0.3 is 50.0 Å². The van der Waals surface area contributed by atoms with E-state index < -0.39 is 92.9 Å². The number of nitro groups is 2. The Labute approximate surface area is 810 Å². The SMILES string of the molecule is CC(C)(C)OC(=O)N1CCC[C@@H]1C(=O)Cc1ccc([C@H]2CC[C@H](c3ccc(CC(=O)[C@@H]4CCCN4C(=O)OC(C)(C)C)c([N+](=O)[O-])c3)N2c2ccc(N3CCC(c4ccccc4)CC3)cc2)cc1[N+](=O)[O-].CC(C)(C)OC(=O)N1CCC[C@H]1C(=O)Cc1ccc([C@H]2CC[C@H](c3ccc(CC(=O)[C@@H]4CCCN4C(=O)OC(C)(C)C)c(N)c3)N2c2ccc(N3CCC(c4ccccc4)CC3)cc2)cc1N. The molecular formula is C110H136N12O16. The summed E-state index contributed by atoms with van der Waals surface area (Å²) in [4.78, 5) is 147. The first kappa shape index (κ1) is 99.6. The van der Waals surface area contributed by atoms with Crippen LogP contribution in [-0.2, 0) is 63.8 Å². The predicted octanol–water partition coefficient (Wildman–Crippen LogP) is 21.3. The molecule has 16 rings (SSSR count). The number of hydrogen-bond acceptors (Lipinski definition) is 22. The van der Waals surface area contributed by atoms with Gasteiger partial charge in [-0.05, 0) is 303 Å². The van der Waals surface area contributed by atoms with Crippen molar-refractivity contribution in [3.05, 3.63) is 258 Å². The lowest BCUT2D eigenvalue weighted by Gasteiger charge is -2.36. The van der Waals surface area contributed by atoms with Gasteiger partial charge in [0, 0.05) is 135 Å². The highest BCUT2D eigenvalue weighted by Gasteiger charge is 2.45. The molecule has 0 bridgehead atoms. The average Bonchev–Trinajstić information content (AvgIpc) is 1.61. The zero-order valence-electron chi connectivity index (χ0n) is 82.1. The highest BCUT2D eigenvalue weighted by molar-refractivity contribution is 5.93. The van der Waals surface area contributed by atoms with Crippen molar-refractivity contribution in [2.75, 3.05) is 83.4 Å². The van der Waals surface area contributed by atoms with Crippen LogP contribution in [0.1, 0.15) is 277 Å². The van der Waals surface area contributed by atoms with E-state index in [0.717, 1.165) is 117 Å². The number of piperidine rings is 2. The van der Waals surface area contributed by atoms with Crippen LogP contribution in [0.2, 0.25) is 0 Å². The van der Waals surface area contributed by atoms with Crippen molar-refractivity contribution in [1.82, 2.24) is 19.6 Å². The lowest BCUT2D eigenvalue weighted by Crippen LogP contribution is -2.43. The van der Waals surface area contributed by atoms with Gasteiger partial charge in [0.15, 0.2) is 23.1 Å². The maximum Gasteiger partial charge on any atom is 0.410 e. The molecule has 8 heterocycles. The third-order valence-electron chi connectivity index (χ3n) is 28.3. The number of benzene rings is 8. The van der Waals surface area contributed by atoms with Gasteiger partial charge in [-0.25, -0.2) is 19.2 Å². The lowest BCUT2D eigenvalue weighted by atomic mass is 9.89. The van der Waals surface area contributed by atoms with E-state index in [0.29, 0.717) is 112 Å². The Hall–Kier alpha value is -12.9. The molecule has 8 aromatic carbocycles. The van der Waals surface area contributed by atoms with Gasteiger partial charge in [0.2, 0.25) is 0 Å². The molecule has 8 saturated heterocycles. The number of anilines is 6. The van der Waals surface area contributed by atoms with Crippen molar-refractivity contribution in [1.29, 1.82) is 0 Å². The Balaban J connectivity index is 0.000000210. The van der Waals surface area contributed by atoms with Crippen molar-refractivity contribution in [2.45, 2.75) is 294 Å². The fourth-order valence-electron chi connectivity index (χ4n) is 21.7. The van der Waals surface area contributed by atoms with Crippen molar-refractivity contribution < 1.29 is 67.2 Å². The number of nitrogens with two attached hydrogens (primary N) is 2. The number of hydrogen-bond donors (Lipinski definition) is 2. The smallest absolute Gasteiger partial charge is 0.410 e. The number of nitrogen functional groups attached to an aromatic ring is 2. The van der Waals surface area contributed by atoms with Gasteiger partial charge in [-0.3, -0.25) is 59.0 Å². The number of nitrogens with zero attached hydrogens (tertiary/aromatic N) is 10. The molecule has 8 fully saturated rings. The van der Waals surface area contributed by atoms with E-state index in [2.05, 4.69) is 123 Å². The molecule has 732 valence electrons. The van der Waals surface area contributed by atoms with Gasteiger partial charge in [-0.15, -0.1) is 0 Å². The summed E-state index contributed by atoms with van der Waals surface area (Å²) in [6.07, 6.45) is 9.60. The molecule has 0 radical (unpaired) electrons. The number of ketones is 4. The molecular weight excluding hydrogens is 1750 g/mol. The van der Waals surface area contributed by atoms with Crippen LogP contribution in [-0.4, -0.2) is 176 Å². The quantitative estimate of drug-likeness (QED) is 0.0246. The van der Waals surface area contributed by atoms with E-state index in [9.17, 15) is 58.6 Å². The zero-order chi connectivity index (χ0) is 98.4. The molecule has 4 N–H and O–H groups in total. The monoisotopic (exact) mass is 1880 g/mol. The van der Waals surface area contributed by atoms with Gasteiger partial charge in [0.05, 0.1) is 58.2 Å². The summed E-state index contributed by atoms with van der Waals surface area (Å²) in [5, 5.41) is 25.6. The fourth-order valence-corrected chi connectivity index (χ4v) is 21.7. The van der Waals surface area contributed by atoms with Crippen LogP contribution in [0.3, 0.4) is 0 Å². The normalized spacial score (nSPS) is 21.1. The summed E-state index contributed by atoms with van der Waals surface area (Å²) in [7, 11) is 0. The molecule has 28 nitrogen and oxygen atoms in total. The summed E-state index contributed by atoms with van der Waals surface area (Å²) in [6, 6.07) is 57.4. The minimum Gasteiger partial charge on any atom is -0.444 e. The summed E-state index contributed by atoms with van der Waals surface area (Å²) in [6.45, 7) is 27.0. The Morgan fingerprint density at radius 1 is 0.304 bits per heavy atom. The Bertz CT molecular complexity index is 5510. The van der Waals surface area contributed by atoms with Gasteiger partial charge in [0.1, 0.15) is 22.4 Å². The minimum atomic E-state index is -0.753. The van der Waals surface area contributed by atoms with Crippen molar-refractivity contribution in [3.8, 4) is 0 Å². The van der Waals surface area contributed by atoms with Gasteiger partial charge in [-0.1, -0.05) is 109 Å². The van der Waals surface area contributed by atoms with E-state index >= 15 is 0 Å². The third-order valence-corrected chi connectivity index (χ3v) is 28.3. The third kappa shape index (κ3) is 23.9. The predicted molar refractivity (Wildman–Crippen MR) is 535 cm³/mol. The molecule has 0 unspecified atom stereocenters. The molecule has 0 aliphatic carbocycles. The number of rotatable bonds is 24. The molecule has 138 heavy (non-hydrogen) atoms. The summed E-state index contributed by atoms with van der Waals surface area (Å²) < 4.78 is 22.4.